The first-order valence-electron chi connectivity index (χ1n) is 10.1. The lowest BCUT2D eigenvalue weighted by molar-refractivity contribution is 0.0969. The molecule has 32 heavy (non-hydrogen) atoms. The smallest absolute Gasteiger partial charge is 0.296 e. The molecule has 1 aliphatic rings. The molecule has 0 fully saturated rings. The molecule has 5 rings (SSSR count). The van der Waals surface area contributed by atoms with E-state index in [-0.39, 0.29) is 32.7 Å². The average Bonchev–Trinajstić information content (AvgIpc) is 3.30. The van der Waals surface area contributed by atoms with Crippen molar-refractivity contribution >= 4 is 45.9 Å². The van der Waals surface area contributed by atoms with Crippen LogP contribution < -0.4 is 10.3 Å². The molecule has 0 unspecified atom stereocenters. The summed E-state index contributed by atoms with van der Waals surface area (Å²) in [7, 11) is 0. The topological polar surface area (TPSA) is 76.6 Å². The van der Waals surface area contributed by atoms with E-state index in [1.54, 1.807) is 13.0 Å². The molecule has 0 spiro atoms. The Balaban J connectivity index is 1.80. The highest BCUT2D eigenvalue weighted by Gasteiger charge is 2.45. The van der Waals surface area contributed by atoms with E-state index in [1.165, 1.54) is 17.0 Å². The van der Waals surface area contributed by atoms with E-state index in [2.05, 4.69) is 19.0 Å². The third kappa shape index (κ3) is 3.14. The summed E-state index contributed by atoms with van der Waals surface area (Å²) in [4.78, 5) is 28.5. The SMILES string of the molecule is Cc1cc(N2C(=O)c3oc4c(Cl)cc(Cl)cc4c(=O)c3[C@@H]2c2ccc(C(C)C)cc2)no1. The number of carbonyl (C=O) groups excluding carboxylic acids is 1. The van der Waals surface area contributed by atoms with Crippen molar-refractivity contribution < 1.29 is 13.7 Å². The Kier molecular flexibility index (Phi) is 4.87. The first-order valence-corrected chi connectivity index (χ1v) is 10.8. The van der Waals surface area contributed by atoms with Gasteiger partial charge in [0.2, 0.25) is 5.76 Å². The Morgan fingerprint density at radius 2 is 1.78 bits per heavy atom. The maximum atomic E-state index is 13.6. The Bertz CT molecular complexity index is 1440. The van der Waals surface area contributed by atoms with Crippen LogP contribution in [0.25, 0.3) is 11.0 Å². The lowest BCUT2D eigenvalue weighted by atomic mass is 9.95. The largest absolute Gasteiger partial charge is 0.449 e. The second-order valence-corrected chi connectivity index (χ2v) is 8.98. The van der Waals surface area contributed by atoms with Crippen LogP contribution >= 0.6 is 23.2 Å². The number of benzene rings is 2. The molecule has 0 saturated heterocycles. The minimum Gasteiger partial charge on any atom is -0.449 e. The molecule has 0 bridgehead atoms. The van der Waals surface area contributed by atoms with Crippen LogP contribution in [-0.4, -0.2) is 11.1 Å². The molecule has 0 N–H and O–H groups in total. The van der Waals surface area contributed by atoms with Gasteiger partial charge >= 0.3 is 0 Å². The van der Waals surface area contributed by atoms with Crippen molar-refractivity contribution in [3.05, 3.63) is 90.9 Å². The Hall–Kier alpha value is -3.09. The molecule has 1 aliphatic heterocycles. The van der Waals surface area contributed by atoms with Crippen LogP contribution in [0.3, 0.4) is 0 Å². The number of amides is 1. The predicted molar refractivity (Wildman–Crippen MR) is 123 cm³/mol. The molecule has 4 aromatic rings. The van der Waals surface area contributed by atoms with Gasteiger partial charge in [0.25, 0.3) is 5.91 Å². The van der Waals surface area contributed by atoms with Crippen LogP contribution in [0.1, 0.15) is 58.8 Å². The molecule has 8 heteroatoms. The zero-order chi connectivity index (χ0) is 22.7. The molecule has 0 saturated carbocycles. The quantitative estimate of drug-likeness (QED) is 0.354. The number of aryl methyl sites for hydroxylation is 1. The van der Waals surface area contributed by atoms with E-state index in [9.17, 15) is 9.59 Å². The van der Waals surface area contributed by atoms with Crippen molar-refractivity contribution in [3.8, 4) is 0 Å². The maximum Gasteiger partial charge on any atom is 0.296 e. The van der Waals surface area contributed by atoms with Gasteiger partial charge in [-0.2, -0.15) is 0 Å². The Labute approximate surface area is 193 Å². The standard InChI is InChI=1S/C24H18Cl2N2O4/c1-11(2)13-4-6-14(7-5-13)20-19-21(29)16-9-15(25)10-17(26)22(16)31-23(19)24(30)28(20)18-8-12(3)32-27-18/h4-11,20H,1-3H3/t20-/m0/s1. The monoisotopic (exact) mass is 468 g/mol. The minimum absolute atomic E-state index is 0.0645. The number of fused-ring (bicyclic) bond motifs is 2. The van der Waals surface area contributed by atoms with E-state index in [0.29, 0.717) is 22.5 Å². The van der Waals surface area contributed by atoms with Crippen molar-refractivity contribution in [3.63, 3.8) is 0 Å². The number of nitrogens with zero attached hydrogens (tertiary/aromatic N) is 2. The van der Waals surface area contributed by atoms with Crippen LogP contribution in [0.2, 0.25) is 10.0 Å². The third-order valence-corrected chi connectivity index (χ3v) is 6.17. The van der Waals surface area contributed by atoms with Crippen LogP contribution in [0, 0.1) is 6.92 Å². The fraction of sp³-hybridized carbons (Fsp3) is 0.208. The van der Waals surface area contributed by atoms with Crippen molar-refractivity contribution in [1.82, 2.24) is 5.16 Å². The summed E-state index contributed by atoms with van der Waals surface area (Å²) >= 11 is 12.4. The highest BCUT2D eigenvalue weighted by atomic mass is 35.5. The van der Waals surface area contributed by atoms with E-state index < -0.39 is 11.9 Å². The normalized spacial score (nSPS) is 15.8. The summed E-state index contributed by atoms with van der Waals surface area (Å²) < 4.78 is 11.1. The fourth-order valence-corrected chi connectivity index (χ4v) is 4.61. The number of hydrogen-bond acceptors (Lipinski definition) is 5. The predicted octanol–water partition coefficient (Wildman–Crippen LogP) is 6.27. The van der Waals surface area contributed by atoms with Gasteiger partial charge in [-0.1, -0.05) is 66.5 Å². The second kappa shape index (κ2) is 7.50. The number of aromatic nitrogens is 1. The van der Waals surface area contributed by atoms with Gasteiger partial charge in [0, 0.05) is 11.1 Å². The zero-order valence-electron chi connectivity index (χ0n) is 17.5. The molecule has 3 heterocycles. The van der Waals surface area contributed by atoms with Gasteiger partial charge in [0.05, 0.1) is 22.0 Å². The number of rotatable bonds is 3. The van der Waals surface area contributed by atoms with Crippen molar-refractivity contribution in [2.24, 2.45) is 0 Å². The summed E-state index contributed by atoms with van der Waals surface area (Å²) in [5.41, 5.74) is 1.88. The summed E-state index contributed by atoms with van der Waals surface area (Å²) in [6.45, 7) is 5.93. The Morgan fingerprint density at radius 1 is 1.06 bits per heavy atom. The zero-order valence-corrected chi connectivity index (χ0v) is 19.0. The van der Waals surface area contributed by atoms with Gasteiger partial charge in [0.15, 0.2) is 16.8 Å². The lowest BCUT2D eigenvalue weighted by Gasteiger charge is -2.22. The van der Waals surface area contributed by atoms with Crippen LogP contribution in [0.15, 0.2) is 56.2 Å². The minimum atomic E-state index is -0.735. The number of carbonyl (C=O) groups is 1. The highest BCUT2D eigenvalue weighted by molar-refractivity contribution is 6.38. The number of halogens is 2. The van der Waals surface area contributed by atoms with Gasteiger partial charge < -0.3 is 8.94 Å². The van der Waals surface area contributed by atoms with E-state index in [0.717, 1.165) is 11.1 Å². The molecule has 162 valence electrons. The summed E-state index contributed by atoms with van der Waals surface area (Å²) in [5.74, 6) is 0.622. The Morgan fingerprint density at radius 3 is 2.41 bits per heavy atom. The molecule has 2 aromatic heterocycles. The first kappa shape index (κ1) is 20.8. The van der Waals surface area contributed by atoms with Crippen molar-refractivity contribution in [1.29, 1.82) is 0 Å². The maximum absolute atomic E-state index is 13.6. The number of anilines is 1. The third-order valence-electron chi connectivity index (χ3n) is 5.67. The fourth-order valence-electron chi connectivity index (χ4n) is 4.08. The molecule has 2 aromatic carbocycles. The molecule has 6 nitrogen and oxygen atoms in total. The van der Waals surface area contributed by atoms with Crippen LogP contribution in [-0.2, 0) is 0 Å². The van der Waals surface area contributed by atoms with Crippen molar-refractivity contribution in [2.45, 2.75) is 32.7 Å². The molecule has 0 aliphatic carbocycles. The summed E-state index contributed by atoms with van der Waals surface area (Å²) in [6.07, 6.45) is 0. The average molecular weight is 469 g/mol. The van der Waals surface area contributed by atoms with Gasteiger partial charge in [-0.05, 0) is 36.1 Å². The summed E-state index contributed by atoms with van der Waals surface area (Å²) in [6, 6.07) is 11.7. The van der Waals surface area contributed by atoms with E-state index in [4.69, 9.17) is 32.1 Å². The molecule has 1 amide bonds. The summed E-state index contributed by atoms with van der Waals surface area (Å²) in [5, 5.41) is 4.71. The molecule has 1 atom stereocenters. The molecular weight excluding hydrogens is 451 g/mol. The van der Waals surface area contributed by atoms with Crippen LogP contribution in [0.4, 0.5) is 5.82 Å². The first-order chi connectivity index (χ1) is 15.3. The van der Waals surface area contributed by atoms with E-state index >= 15 is 0 Å². The van der Waals surface area contributed by atoms with Crippen molar-refractivity contribution in [2.75, 3.05) is 4.90 Å². The van der Waals surface area contributed by atoms with Gasteiger partial charge in [0.1, 0.15) is 5.76 Å². The van der Waals surface area contributed by atoms with Gasteiger partial charge in [-0.15, -0.1) is 0 Å². The van der Waals surface area contributed by atoms with E-state index in [1.807, 2.05) is 24.3 Å². The number of hydrogen-bond donors (Lipinski definition) is 0. The molecular formula is C24H18Cl2N2O4. The van der Waals surface area contributed by atoms with Gasteiger partial charge in [-0.3, -0.25) is 14.5 Å². The van der Waals surface area contributed by atoms with Crippen LogP contribution in [0.5, 0.6) is 0 Å². The highest BCUT2D eigenvalue weighted by Crippen LogP contribution is 2.42. The lowest BCUT2D eigenvalue weighted by Crippen LogP contribution is -2.29. The molecule has 0 radical (unpaired) electrons. The van der Waals surface area contributed by atoms with Gasteiger partial charge in [-0.25, -0.2) is 0 Å². The second-order valence-electron chi connectivity index (χ2n) is 8.13.